The summed E-state index contributed by atoms with van der Waals surface area (Å²) in [5.41, 5.74) is -1.91. The van der Waals surface area contributed by atoms with Crippen molar-refractivity contribution in [2.24, 2.45) is 21.7 Å². The van der Waals surface area contributed by atoms with E-state index in [-0.39, 0.29) is 25.6 Å². The summed E-state index contributed by atoms with van der Waals surface area (Å²) in [6.07, 6.45) is -5.31. The van der Waals surface area contributed by atoms with Gasteiger partial charge in [0.2, 0.25) is 0 Å². The van der Waals surface area contributed by atoms with E-state index in [1.54, 1.807) is 90.0 Å². The van der Waals surface area contributed by atoms with Gasteiger partial charge in [0.05, 0.1) is 28.3 Å². The number of hydrogen-bond acceptors (Lipinski definition) is 12. The van der Waals surface area contributed by atoms with Gasteiger partial charge >= 0.3 is 29.8 Å². The summed E-state index contributed by atoms with van der Waals surface area (Å²) in [4.78, 5) is 66.0. The molecule has 0 bridgehead atoms. The Morgan fingerprint density at radius 2 is 1.13 bits per heavy atom. The molecule has 0 saturated carbocycles. The van der Waals surface area contributed by atoms with Crippen LogP contribution in [-0.4, -0.2) is 73.7 Å². The Labute approximate surface area is 310 Å². The highest BCUT2D eigenvalue weighted by atomic mass is 16.7. The minimum Gasteiger partial charge on any atom is -0.466 e. The first kappa shape index (κ1) is 44.7. The predicted octanol–water partition coefficient (Wildman–Crippen LogP) is 6.55. The van der Waals surface area contributed by atoms with E-state index in [1.807, 2.05) is 31.2 Å². The van der Waals surface area contributed by atoms with E-state index < -0.39 is 82.2 Å². The second kappa shape index (κ2) is 18.0. The maximum atomic E-state index is 13.6. The zero-order chi connectivity index (χ0) is 39.8. The lowest BCUT2D eigenvalue weighted by Gasteiger charge is -2.47. The van der Waals surface area contributed by atoms with Gasteiger partial charge in [0.15, 0.2) is 24.5 Å². The summed E-state index contributed by atoms with van der Waals surface area (Å²) in [5, 5.41) is 3.47. The van der Waals surface area contributed by atoms with Crippen molar-refractivity contribution < 1.29 is 52.4 Å². The Hall–Kier alpha value is -3.51. The molecule has 294 valence electrons. The van der Waals surface area contributed by atoms with Crippen molar-refractivity contribution in [1.82, 2.24) is 5.32 Å². The molecule has 1 heterocycles. The van der Waals surface area contributed by atoms with Gasteiger partial charge in [-0.2, -0.15) is 0 Å². The van der Waals surface area contributed by atoms with E-state index in [1.165, 1.54) is 0 Å². The predicted molar refractivity (Wildman–Crippen MR) is 195 cm³/mol. The normalized spacial score (nSPS) is 21.8. The van der Waals surface area contributed by atoms with Crippen molar-refractivity contribution in [2.45, 2.75) is 153 Å². The molecule has 1 fully saturated rings. The number of rotatable bonds is 13. The van der Waals surface area contributed by atoms with E-state index in [4.69, 9.17) is 28.4 Å². The first-order chi connectivity index (χ1) is 23.7. The van der Waals surface area contributed by atoms with Crippen LogP contribution >= 0.6 is 0 Å². The first-order valence-electron chi connectivity index (χ1n) is 18.2. The van der Waals surface area contributed by atoms with E-state index in [9.17, 15) is 24.0 Å². The Balaban J connectivity index is 2.78. The van der Waals surface area contributed by atoms with E-state index in [0.717, 1.165) is 11.1 Å². The molecule has 3 unspecified atom stereocenters. The molecule has 0 aliphatic carbocycles. The average Bonchev–Trinajstić information content (AvgIpc) is 3.00. The fraction of sp³-hybridized carbons (Fsp3) is 0.725. The molecule has 12 nitrogen and oxygen atoms in total. The van der Waals surface area contributed by atoms with Crippen LogP contribution in [0.3, 0.4) is 0 Å². The van der Waals surface area contributed by atoms with Crippen LogP contribution in [0.15, 0.2) is 24.3 Å². The minimum absolute atomic E-state index is 0.174. The monoisotopic (exact) mass is 733 g/mol. The summed E-state index contributed by atoms with van der Waals surface area (Å²) >= 11 is 0. The summed E-state index contributed by atoms with van der Waals surface area (Å²) in [6, 6.07) is 7.35. The summed E-state index contributed by atoms with van der Waals surface area (Å²) in [6.45, 7) is 23.9. The Morgan fingerprint density at radius 3 is 1.60 bits per heavy atom. The number of hydrogen-bond donors (Lipinski definition) is 1. The lowest BCUT2D eigenvalue weighted by molar-refractivity contribution is -0.266. The zero-order valence-electron chi connectivity index (χ0n) is 33.8. The molecule has 6 atom stereocenters. The summed E-state index contributed by atoms with van der Waals surface area (Å²) in [7, 11) is 0. The van der Waals surface area contributed by atoms with E-state index >= 15 is 0 Å². The highest BCUT2D eigenvalue weighted by Crippen LogP contribution is 2.35. The smallest absolute Gasteiger partial charge is 0.311 e. The van der Waals surface area contributed by atoms with Crippen LogP contribution in [-0.2, 0) is 52.4 Å². The van der Waals surface area contributed by atoms with Gasteiger partial charge in [0.1, 0.15) is 12.7 Å². The number of benzene rings is 1. The number of carbonyl (C=O) groups excluding carboxylic acids is 5. The molecule has 1 N–H and O–H groups in total. The fourth-order valence-corrected chi connectivity index (χ4v) is 4.89. The fourth-order valence-electron chi connectivity index (χ4n) is 4.89. The van der Waals surface area contributed by atoms with E-state index in [0.29, 0.717) is 12.8 Å². The molecule has 1 aliphatic heterocycles. The summed E-state index contributed by atoms with van der Waals surface area (Å²) in [5.74, 6) is -2.73. The molecule has 0 aromatic heterocycles. The number of esters is 5. The number of nitrogens with one attached hydrogen (secondary N) is 1. The number of aryl methyl sites for hydroxylation is 1. The van der Waals surface area contributed by atoms with Gasteiger partial charge in [-0.05, 0) is 115 Å². The third-order valence-electron chi connectivity index (χ3n) is 8.22. The van der Waals surface area contributed by atoms with Crippen molar-refractivity contribution in [1.29, 1.82) is 0 Å². The molecule has 0 radical (unpaired) electrons. The van der Waals surface area contributed by atoms with E-state index in [2.05, 4.69) is 5.32 Å². The maximum absolute atomic E-state index is 13.6. The van der Waals surface area contributed by atoms with Crippen LogP contribution in [0.2, 0.25) is 0 Å². The molecular weight excluding hydrogens is 670 g/mol. The number of ether oxygens (including phenoxy) is 6. The van der Waals surface area contributed by atoms with Gasteiger partial charge < -0.3 is 28.4 Å². The van der Waals surface area contributed by atoms with Crippen LogP contribution in [0.1, 0.15) is 126 Å². The highest BCUT2D eigenvalue weighted by molar-refractivity contribution is 5.78. The first-order valence-corrected chi connectivity index (χ1v) is 18.2. The van der Waals surface area contributed by atoms with Crippen molar-refractivity contribution >= 4 is 29.8 Å². The molecule has 1 aliphatic rings. The third kappa shape index (κ3) is 13.5. The Morgan fingerprint density at radius 1 is 0.673 bits per heavy atom. The lowest BCUT2D eigenvalue weighted by atomic mass is 9.92. The third-order valence-corrected chi connectivity index (χ3v) is 8.22. The van der Waals surface area contributed by atoms with Crippen LogP contribution < -0.4 is 5.32 Å². The van der Waals surface area contributed by atoms with Crippen LogP contribution in [0.25, 0.3) is 0 Å². The zero-order valence-corrected chi connectivity index (χ0v) is 33.8. The average molecular weight is 734 g/mol. The topological polar surface area (TPSA) is 153 Å². The van der Waals surface area contributed by atoms with Crippen molar-refractivity contribution in [2.75, 3.05) is 13.2 Å². The molecule has 1 aromatic carbocycles. The summed E-state index contributed by atoms with van der Waals surface area (Å²) < 4.78 is 35.9. The SMILES string of the molecule is CCOC(=O)CCC[C@H](N[C@@H]1OC(COC(=O)C(C)(C)C)[C@H](OC(=O)C(C)(C)C)C(OC(=O)C(C)(C)C)C1OC(=O)C(C)(C)C)c1ccc(C)cc1. The van der Waals surface area contributed by atoms with Crippen LogP contribution in [0.4, 0.5) is 0 Å². The number of carbonyl (C=O) groups is 5. The van der Waals surface area contributed by atoms with Gasteiger partial charge in [-0.3, -0.25) is 29.3 Å². The quantitative estimate of drug-likeness (QED) is 0.173. The van der Waals surface area contributed by atoms with Gasteiger partial charge in [0, 0.05) is 12.5 Å². The maximum Gasteiger partial charge on any atom is 0.311 e. The second-order valence-corrected chi connectivity index (χ2v) is 17.6. The standard InChI is InChI=1S/C40H63NO11/c1-15-47-28(42)18-16-17-26(25-21-19-24(2)20-22-25)41-32-31(52-36(46)40(12,13)14)30(51-35(45)39(9,10)11)29(50-34(44)38(6,7)8)27(49-32)23-48-33(43)37(3,4)5/h19-22,26-27,29-32,41H,15-18,23H2,1-14H3/t26-,27?,29-,30?,31?,32+/m0/s1. The van der Waals surface area contributed by atoms with Gasteiger partial charge in [-0.1, -0.05) is 29.8 Å². The highest BCUT2D eigenvalue weighted by Gasteiger charge is 2.55. The molecule has 52 heavy (non-hydrogen) atoms. The molecular formula is C40H63NO11. The Kier molecular flexibility index (Phi) is 15.5. The van der Waals surface area contributed by atoms with Gasteiger partial charge in [-0.25, -0.2) is 0 Å². The van der Waals surface area contributed by atoms with Crippen molar-refractivity contribution in [3.63, 3.8) is 0 Å². The van der Waals surface area contributed by atoms with Crippen molar-refractivity contribution in [3.05, 3.63) is 35.4 Å². The second-order valence-electron chi connectivity index (χ2n) is 17.6. The van der Waals surface area contributed by atoms with Crippen molar-refractivity contribution in [3.8, 4) is 0 Å². The molecule has 1 saturated heterocycles. The molecule has 1 aromatic rings. The largest absolute Gasteiger partial charge is 0.466 e. The van der Waals surface area contributed by atoms with Gasteiger partial charge in [0.25, 0.3) is 0 Å². The molecule has 2 rings (SSSR count). The molecule has 12 heteroatoms. The molecule has 0 spiro atoms. The van der Waals surface area contributed by atoms with Gasteiger partial charge in [-0.15, -0.1) is 0 Å². The Bertz CT molecular complexity index is 1380. The minimum atomic E-state index is -1.38. The van der Waals surface area contributed by atoms with Crippen LogP contribution in [0.5, 0.6) is 0 Å². The van der Waals surface area contributed by atoms with Crippen LogP contribution in [0, 0.1) is 28.6 Å². The lowest BCUT2D eigenvalue weighted by Crippen LogP contribution is -2.66. The molecule has 0 amide bonds.